The summed E-state index contributed by atoms with van der Waals surface area (Å²) in [5.41, 5.74) is 2.80. The largest absolute Gasteiger partial charge is 0.461 e. The lowest BCUT2D eigenvalue weighted by Crippen LogP contribution is -2.23. The van der Waals surface area contributed by atoms with Crippen LogP contribution < -0.4 is 4.72 Å². The van der Waals surface area contributed by atoms with E-state index in [-0.39, 0.29) is 36.0 Å². The van der Waals surface area contributed by atoms with Gasteiger partial charge >= 0.3 is 5.97 Å². The molecule has 2 N–H and O–H groups in total. The van der Waals surface area contributed by atoms with Gasteiger partial charge in [-0.15, -0.1) is 0 Å². The molecule has 0 aliphatic rings. The normalized spacial score (nSPS) is 12.0. The second-order valence-electron chi connectivity index (χ2n) is 11.3. The molecular weight excluding hydrogens is 613 g/mol. The number of anilines is 1. The number of carbonyl (C=O) groups excluding carboxylic acids is 1. The number of aliphatic hydroxyl groups is 1. The zero-order chi connectivity index (χ0) is 32.9. The Morgan fingerprint density at radius 2 is 1.80 bits per heavy atom. The molecule has 45 heavy (non-hydrogen) atoms. The Morgan fingerprint density at radius 1 is 1.07 bits per heavy atom. The number of aromatic nitrogens is 3. The molecular formula is C33H42N4O6S2. The van der Waals surface area contributed by atoms with Crippen LogP contribution in [-0.4, -0.2) is 46.6 Å². The molecule has 4 rings (SSSR count). The maximum absolute atomic E-state index is 13.7. The van der Waals surface area contributed by atoms with Gasteiger partial charge in [0.1, 0.15) is 17.1 Å². The molecule has 0 radical (unpaired) electrons. The number of sulfonamides is 1. The van der Waals surface area contributed by atoms with Gasteiger partial charge in [-0.25, -0.2) is 18.2 Å². The van der Waals surface area contributed by atoms with Crippen LogP contribution in [0.4, 0.5) is 5.82 Å². The summed E-state index contributed by atoms with van der Waals surface area (Å²) in [5, 5.41) is 10.9. The number of carbonyl (C=O) groups is 1. The highest BCUT2D eigenvalue weighted by atomic mass is 32.2. The molecule has 0 saturated carbocycles. The average molecular weight is 655 g/mol. The molecule has 0 bridgehead atoms. The van der Waals surface area contributed by atoms with Crippen molar-refractivity contribution in [3.05, 3.63) is 81.2 Å². The van der Waals surface area contributed by atoms with E-state index in [0.29, 0.717) is 35.8 Å². The third-order valence-electron chi connectivity index (χ3n) is 7.40. The Hall–Kier alpha value is -3.58. The number of rotatable bonds is 14. The standard InChI is InChI=1S/C33H42N4O6S2/c1-8-13-28-34-30(33(6,7)39)29(32(38)43-10-3)37(28)19-23-16-17-25(24(18-23)20-42-9-2)26-14-11-12-15-27(26)45(40,41)36-31-21(4)22(5)44-35-31/h11-12,14-18,39H,8-10,13,19-20H2,1-7H3,(H,35,36). The van der Waals surface area contributed by atoms with Gasteiger partial charge in [0.25, 0.3) is 10.0 Å². The number of hydrogen-bond donors (Lipinski definition) is 2. The number of esters is 1. The molecule has 2 aromatic heterocycles. The van der Waals surface area contributed by atoms with Crippen LogP contribution in [0.15, 0.2) is 47.4 Å². The van der Waals surface area contributed by atoms with Crippen LogP contribution >= 0.6 is 11.5 Å². The number of benzene rings is 2. The summed E-state index contributed by atoms with van der Waals surface area (Å²) in [7, 11) is -3.98. The van der Waals surface area contributed by atoms with E-state index in [1.807, 2.05) is 50.5 Å². The summed E-state index contributed by atoms with van der Waals surface area (Å²) >= 11 is 1.25. The van der Waals surface area contributed by atoms with E-state index >= 15 is 0 Å². The van der Waals surface area contributed by atoms with Crippen molar-refractivity contribution < 1.29 is 27.8 Å². The van der Waals surface area contributed by atoms with Gasteiger partial charge in [0.15, 0.2) is 11.5 Å². The fourth-order valence-electron chi connectivity index (χ4n) is 5.06. The average Bonchev–Trinajstić information content (AvgIpc) is 3.51. The van der Waals surface area contributed by atoms with Crippen LogP contribution in [0, 0.1) is 13.8 Å². The van der Waals surface area contributed by atoms with E-state index in [0.717, 1.165) is 28.0 Å². The molecule has 0 unspecified atom stereocenters. The van der Waals surface area contributed by atoms with Gasteiger partial charge in [-0.3, -0.25) is 4.72 Å². The minimum absolute atomic E-state index is 0.125. The Labute approximate surface area is 269 Å². The first-order chi connectivity index (χ1) is 21.3. The van der Waals surface area contributed by atoms with E-state index in [1.165, 1.54) is 11.5 Å². The van der Waals surface area contributed by atoms with Crippen LogP contribution in [0.2, 0.25) is 0 Å². The van der Waals surface area contributed by atoms with Crippen molar-refractivity contribution in [3.63, 3.8) is 0 Å². The van der Waals surface area contributed by atoms with Crippen LogP contribution in [0.3, 0.4) is 0 Å². The molecule has 0 aliphatic carbocycles. The summed E-state index contributed by atoms with van der Waals surface area (Å²) < 4.78 is 47.3. The number of ether oxygens (including phenoxy) is 2. The molecule has 12 heteroatoms. The Kier molecular flexibility index (Phi) is 10.9. The third kappa shape index (κ3) is 7.63. The molecule has 0 atom stereocenters. The zero-order valence-corrected chi connectivity index (χ0v) is 28.6. The van der Waals surface area contributed by atoms with Crippen LogP contribution in [0.25, 0.3) is 11.1 Å². The van der Waals surface area contributed by atoms with Gasteiger partial charge < -0.3 is 19.1 Å². The maximum atomic E-state index is 13.7. The summed E-state index contributed by atoms with van der Waals surface area (Å²) in [5.74, 6) is 0.444. The maximum Gasteiger partial charge on any atom is 0.357 e. The Balaban J connectivity index is 1.82. The first-order valence-electron chi connectivity index (χ1n) is 15.1. The van der Waals surface area contributed by atoms with Crippen molar-refractivity contribution in [2.24, 2.45) is 0 Å². The molecule has 2 aromatic carbocycles. The van der Waals surface area contributed by atoms with Crippen molar-refractivity contribution in [1.29, 1.82) is 0 Å². The number of imidazole rings is 1. The van der Waals surface area contributed by atoms with E-state index in [1.54, 1.807) is 45.0 Å². The van der Waals surface area contributed by atoms with Gasteiger partial charge in [-0.2, -0.15) is 4.37 Å². The molecule has 0 saturated heterocycles. The molecule has 0 spiro atoms. The van der Waals surface area contributed by atoms with Crippen molar-refractivity contribution in [3.8, 4) is 11.1 Å². The lowest BCUT2D eigenvalue weighted by atomic mass is 9.97. The number of nitrogens with zero attached hydrogens (tertiary/aromatic N) is 3. The quantitative estimate of drug-likeness (QED) is 0.150. The number of nitrogens with one attached hydrogen (secondary N) is 1. The lowest BCUT2D eigenvalue weighted by molar-refractivity contribution is 0.0469. The molecule has 2 heterocycles. The predicted molar refractivity (Wildman–Crippen MR) is 176 cm³/mol. The van der Waals surface area contributed by atoms with Gasteiger partial charge in [-0.1, -0.05) is 43.3 Å². The number of hydrogen-bond acceptors (Lipinski definition) is 9. The number of aryl methyl sites for hydroxylation is 2. The van der Waals surface area contributed by atoms with Crippen LogP contribution in [0.5, 0.6) is 0 Å². The minimum atomic E-state index is -3.98. The van der Waals surface area contributed by atoms with Gasteiger partial charge in [-0.05, 0) is 82.3 Å². The second kappa shape index (κ2) is 14.2. The molecule has 10 nitrogen and oxygen atoms in total. The van der Waals surface area contributed by atoms with Crippen molar-refractivity contribution in [1.82, 2.24) is 13.9 Å². The first kappa shape index (κ1) is 34.3. The summed E-state index contributed by atoms with van der Waals surface area (Å²) in [6.07, 6.45) is 1.39. The molecule has 0 fully saturated rings. The van der Waals surface area contributed by atoms with E-state index in [9.17, 15) is 18.3 Å². The van der Waals surface area contributed by atoms with Crippen LogP contribution in [-0.2, 0) is 44.7 Å². The Bertz CT molecular complexity index is 1770. The second-order valence-corrected chi connectivity index (χ2v) is 13.9. The van der Waals surface area contributed by atoms with E-state index in [2.05, 4.69) is 9.10 Å². The fraction of sp³-hybridized carbons (Fsp3) is 0.424. The highest BCUT2D eigenvalue weighted by Gasteiger charge is 2.32. The fourth-order valence-corrected chi connectivity index (χ4v) is 7.05. The van der Waals surface area contributed by atoms with Gasteiger partial charge in [0, 0.05) is 35.6 Å². The monoisotopic (exact) mass is 654 g/mol. The van der Waals surface area contributed by atoms with Gasteiger partial charge in [0.05, 0.1) is 18.1 Å². The summed E-state index contributed by atoms with van der Waals surface area (Å²) in [4.78, 5) is 19.0. The predicted octanol–water partition coefficient (Wildman–Crippen LogP) is 6.37. The van der Waals surface area contributed by atoms with Crippen molar-refractivity contribution in [2.45, 2.75) is 85.0 Å². The molecule has 0 aliphatic heterocycles. The van der Waals surface area contributed by atoms with Crippen molar-refractivity contribution in [2.75, 3.05) is 17.9 Å². The lowest BCUT2D eigenvalue weighted by Gasteiger charge is -2.19. The van der Waals surface area contributed by atoms with Gasteiger partial charge in [0.2, 0.25) is 0 Å². The summed E-state index contributed by atoms with van der Waals surface area (Å²) in [6.45, 7) is 13.8. The minimum Gasteiger partial charge on any atom is -0.461 e. The Morgan fingerprint density at radius 3 is 2.42 bits per heavy atom. The highest BCUT2D eigenvalue weighted by Crippen LogP contribution is 2.34. The van der Waals surface area contributed by atoms with E-state index < -0.39 is 21.6 Å². The summed E-state index contributed by atoms with van der Waals surface area (Å²) in [6, 6.07) is 12.6. The first-order valence-corrected chi connectivity index (χ1v) is 17.3. The van der Waals surface area contributed by atoms with E-state index in [4.69, 9.17) is 14.5 Å². The molecule has 242 valence electrons. The highest BCUT2D eigenvalue weighted by molar-refractivity contribution is 7.92. The van der Waals surface area contributed by atoms with Crippen LogP contribution in [0.1, 0.15) is 84.6 Å². The SMILES string of the molecule is CCCc1nc(C(C)(C)O)c(C(=O)OCC)n1Cc1ccc(-c2ccccc2S(=O)(=O)Nc2nsc(C)c2C)c(COCC)c1. The molecule has 4 aromatic rings. The zero-order valence-electron chi connectivity index (χ0n) is 26.9. The molecule has 0 amide bonds. The van der Waals surface area contributed by atoms with Crippen molar-refractivity contribution >= 4 is 33.3 Å². The topological polar surface area (TPSA) is 133 Å². The third-order valence-corrected chi connectivity index (χ3v) is 9.65. The smallest absolute Gasteiger partial charge is 0.357 e.